The number of carbonyl (C=O) groups is 1. The molecular weight excluding hydrogens is 261 g/mol. The van der Waals surface area contributed by atoms with Crippen LogP contribution in [0.4, 0.5) is 13.2 Å². The van der Waals surface area contributed by atoms with E-state index < -0.39 is 11.7 Å². The number of hydrogen-bond acceptors (Lipinski definition) is 1. The highest BCUT2D eigenvalue weighted by atomic mass is 79.9. The summed E-state index contributed by atoms with van der Waals surface area (Å²) in [6, 6.07) is 3.22. The van der Waals surface area contributed by atoms with Crippen molar-refractivity contribution in [2.45, 2.75) is 13.1 Å². The van der Waals surface area contributed by atoms with Gasteiger partial charge in [-0.25, -0.2) is 0 Å². The highest BCUT2D eigenvalue weighted by Gasteiger charge is 2.32. The van der Waals surface area contributed by atoms with Gasteiger partial charge in [-0.15, -0.1) is 0 Å². The summed E-state index contributed by atoms with van der Waals surface area (Å²) in [5.41, 5.74) is -0.521. The molecule has 1 aromatic rings. The Bertz CT molecular complexity index is 371. The number of Topliss-reactive ketones (excluding diaryl/α,β-unsaturated/α-hetero) is 1. The maximum Gasteiger partial charge on any atom is 0.417 e. The maximum absolute atomic E-state index is 12.3. The van der Waals surface area contributed by atoms with E-state index in [-0.39, 0.29) is 15.8 Å². The molecule has 0 aromatic heterocycles. The first kappa shape index (κ1) is 11.2. The molecule has 14 heavy (non-hydrogen) atoms. The van der Waals surface area contributed by atoms with Gasteiger partial charge in [0.1, 0.15) is 0 Å². The second kappa shape index (κ2) is 3.73. The summed E-state index contributed by atoms with van der Waals surface area (Å²) < 4.78 is 36.7. The van der Waals surface area contributed by atoms with Crippen molar-refractivity contribution in [3.8, 4) is 0 Å². The highest BCUT2D eigenvalue weighted by molar-refractivity contribution is 9.10. The molecule has 0 aliphatic heterocycles. The predicted octanol–water partition coefficient (Wildman–Crippen LogP) is 3.67. The van der Waals surface area contributed by atoms with Gasteiger partial charge in [0, 0.05) is 10.0 Å². The van der Waals surface area contributed by atoms with Crippen molar-refractivity contribution in [1.82, 2.24) is 0 Å². The van der Waals surface area contributed by atoms with E-state index in [2.05, 4.69) is 15.9 Å². The summed E-state index contributed by atoms with van der Waals surface area (Å²) in [5.74, 6) is -0.264. The molecular formula is C9H6BrF3O. The average molecular weight is 267 g/mol. The topological polar surface area (TPSA) is 17.1 Å². The van der Waals surface area contributed by atoms with E-state index in [0.717, 1.165) is 12.1 Å². The normalized spacial score (nSPS) is 11.5. The lowest BCUT2D eigenvalue weighted by Crippen LogP contribution is -2.06. The third kappa shape index (κ3) is 2.35. The molecule has 0 spiro atoms. The molecule has 1 aromatic carbocycles. The second-order valence-electron chi connectivity index (χ2n) is 2.75. The molecule has 0 atom stereocenters. The van der Waals surface area contributed by atoms with E-state index in [9.17, 15) is 18.0 Å². The van der Waals surface area contributed by atoms with E-state index in [1.54, 1.807) is 0 Å². The number of benzene rings is 1. The van der Waals surface area contributed by atoms with Crippen LogP contribution in [-0.2, 0) is 6.18 Å². The zero-order chi connectivity index (χ0) is 10.9. The number of halogens is 4. The maximum atomic E-state index is 12.3. The van der Waals surface area contributed by atoms with Crippen molar-refractivity contribution in [2.24, 2.45) is 0 Å². The fourth-order valence-corrected chi connectivity index (χ4v) is 1.57. The smallest absolute Gasteiger partial charge is 0.295 e. The van der Waals surface area contributed by atoms with E-state index in [0.29, 0.717) is 0 Å². The van der Waals surface area contributed by atoms with Crippen LogP contribution in [0.25, 0.3) is 0 Å². The quantitative estimate of drug-likeness (QED) is 0.709. The Labute approximate surface area is 87.1 Å². The van der Waals surface area contributed by atoms with E-state index in [1.807, 2.05) is 0 Å². The number of hydrogen-bond donors (Lipinski definition) is 0. The molecule has 1 nitrogen and oxygen atoms in total. The van der Waals surface area contributed by atoms with Gasteiger partial charge in [0.05, 0.1) is 5.56 Å². The van der Waals surface area contributed by atoms with Crippen molar-refractivity contribution < 1.29 is 18.0 Å². The predicted molar refractivity (Wildman–Crippen MR) is 49.1 cm³/mol. The third-order valence-corrected chi connectivity index (χ3v) is 2.34. The Kier molecular flexibility index (Phi) is 2.99. The molecule has 0 radical (unpaired) electrons. The number of rotatable bonds is 1. The molecule has 0 aliphatic carbocycles. The van der Waals surface area contributed by atoms with Crippen LogP contribution in [0.2, 0.25) is 0 Å². The lowest BCUT2D eigenvalue weighted by Gasteiger charge is -2.09. The molecule has 0 fully saturated rings. The Morgan fingerprint density at radius 2 is 1.93 bits per heavy atom. The molecule has 1 rings (SSSR count). The number of ketones is 1. The van der Waals surface area contributed by atoms with Crippen molar-refractivity contribution >= 4 is 21.7 Å². The highest BCUT2D eigenvalue weighted by Crippen LogP contribution is 2.35. The Morgan fingerprint density at radius 3 is 2.29 bits per heavy atom. The molecule has 0 saturated heterocycles. The van der Waals surface area contributed by atoms with Crippen LogP contribution in [0.1, 0.15) is 22.8 Å². The van der Waals surface area contributed by atoms with Crippen LogP contribution in [0, 0.1) is 0 Å². The zero-order valence-electron chi connectivity index (χ0n) is 7.15. The lowest BCUT2D eigenvalue weighted by molar-refractivity contribution is -0.138. The number of carbonyl (C=O) groups excluding carboxylic acids is 1. The minimum Gasteiger partial charge on any atom is -0.295 e. The Morgan fingerprint density at radius 1 is 1.36 bits per heavy atom. The molecule has 0 N–H and O–H groups in total. The summed E-state index contributed by atoms with van der Waals surface area (Å²) in [4.78, 5) is 10.9. The van der Waals surface area contributed by atoms with Gasteiger partial charge in [0.15, 0.2) is 5.78 Å². The van der Waals surface area contributed by atoms with Gasteiger partial charge in [-0.2, -0.15) is 13.2 Å². The lowest BCUT2D eigenvalue weighted by atomic mass is 10.1. The fraction of sp³-hybridized carbons (Fsp3) is 0.222. The van der Waals surface area contributed by atoms with Gasteiger partial charge in [-0.1, -0.05) is 22.0 Å². The van der Waals surface area contributed by atoms with E-state index in [4.69, 9.17) is 0 Å². The largest absolute Gasteiger partial charge is 0.417 e. The van der Waals surface area contributed by atoms with Gasteiger partial charge in [0.25, 0.3) is 0 Å². The molecule has 0 amide bonds. The average Bonchev–Trinajstić information content (AvgIpc) is 2.01. The molecule has 0 bridgehead atoms. The number of alkyl halides is 3. The van der Waals surface area contributed by atoms with Gasteiger partial charge >= 0.3 is 6.18 Å². The zero-order valence-corrected chi connectivity index (χ0v) is 8.74. The summed E-state index contributed by atoms with van der Waals surface area (Å²) in [5, 5.41) is 0. The second-order valence-corrected chi connectivity index (χ2v) is 3.60. The summed E-state index contributed by atoms with van der Waals surface area (Å²) >= 11 is 2.78. The van der Waals surface area contributed by atoms with Gasteiger partial charge in [-0.05, 0) is 19.1 Å². The van der Waals surface area contributed by atoms with Crippen molar-refractivity contribution in [3.63, 3.8) is 0 Å². The van der Waals surface area contributed by atoms with Crippen LogP contribution < -0.4 is 0 Å². The first-order valence-electron chi connectivity index (χ1n) is 3.70. The van der Waals surface area contributed by atoms with Crippen LogP contribution in [-0.4, -0.2) is 5.78 Å². The first-order valence-corrected chi connectivity index (χ1v) is 4.49. The van der Waals surface area contributed by atoms with Crippen LogP contribution in [0.5, 0.6) is 0 Å². The van der Waals surface area contributed by atoms with Crippen LogP contribution in [0.15, 0.2) is 22.7 Å². The molecule has 0 heterocycles. The molecule has 76 valence electrons. The van der Waals surface area contributed by atoms with Crippen LogP contribution in [0.3, 0.4) is 0 Å². The Hall–Kier alpha value is -0.840. The Balaban J connectivity index is 3.21. The minimum atomic E-state index is -4.39. The van der Waals surface area contributed by atoms with Gasteiger partial charge in [-0.3, -0.25) is 4.79 Å². The third-order valence-electron chi connectivity index (χ3n) is 1.68. The monoisotopic (exact) mass is 266 g/mol. The van der Waals surface area contributed by atoms with Crippen molar-refractivity contribution in [3.05, 3.63) is 33.8 Å². The molecule has 5 heteroatoms. The van der Waals surface area contributed by atoms with Crippen LogP contribution >= 0.6 is 15.9 Å². The standard InChI is InChI=1S/C9H6BrF3O/c1-5(14)6-2-3-7(8(10)4-6)9(11,12)13/h2-4H,1H3. The van der Waals surface area contributed by atoms with Gasteiger partial charge in [0.2, 0.25) is 0 Å². The molecule has 0 aliphatic rings. The first-order chi connectivity index (χ1) is 6.32. The van der Waals surface area contributed by atoms with E-state index in [1.165, 1.54) is 13.0 Å². The van der Waals surface area contributed by atoms with Crippen molar-refractivity contribution in [1.29, 1.82) is 0 Å². The van der Waals surface area contributed by atoms with Crippen molar-refractivity contribution in [2.75, 3.05) is 0 Å². The summed E-state index contributed by atoms with van der Waals surface area (Å²) in [6.07, 6.45) is -4.39. The molecule has 0 saturated carbocycles. The summed E-state index contributed by atoms with van der Waals surface area (Å²) in [7, 11) is 0. The summed E-state index contributed by atoms with van der Waals surface area (Å²) in [6.45, 7) is 1.30. The minimum absolute atomic E-state index is 0.113. The van der Waals surface area contributed by atoms with Gasteiger partial charge < -0.3 is 0 Å². The SMILES string of the molecule is CC(=O)c1ccc(C(F)(F)F)c(Br)c1. The molecule has 0 unspecified atom stereocenters. The van der Waals surface area contributed by atoms with E-state index >= 15 is 0 Å². The fourth-order valence-electron chi connectivity index (χ4n) is 0.964.